The maximum Gasteiger partial charge on any atom is 0.253 e. The number of nitrogens with one attached hydrogen (secondary N) is 2. The maximum atomic E-state index is 12.6. The van der Waals surface area contributed by atoms with E-state index < -0.39 is 6.04 Å². The number of halogens is 1. The number of amides is 2. The molecule has 29 heavy (non-hydrogen) atoms. The monoisotopic (exact) mass is 416 g/mol. The van der Waals surface area contributed by atoms with Crippen molar-refractivity contribution >= 4 is 23.4 Å². The Labute approximate surface area is 177 Å². The van der Waals surface area contributed by atoms with Gasteiger partial charge >= 0.3 is 0 Å². The standard InChI is InChI=1S/C23H29ClN2O3/c1-16(2)21(26-22(27)19-12-7-8-13-20(19)24)23(28)25-14-9-15-29-17(3)18-10-5-4-6-11-18/h4-8,10-13,16-17,21H,9,14-15H2,1-3H3,(H,25,28)(H,26,27). The van der Waals surface area contributed by atoms with Gasteiger partial charge < -0.3 is 15.4 Å². The molecule has 2 aromatic carbocycles. The van der Waals surface area contributed by atoms with Gasteiger partial charge in [-0.05, 0) is 37.0 Å². The van der Waals surface area contributed by atoms with Crippen LogP contribution in [0.25, 0.3) is 0 Å². The van der Waals surface area contributed by atoms with E-state index in [1.807, 2.05) is 51.1 Å². The van der Waals surface area contributed by atoms with Gasteiger partial charge in [0.25, 0.3) is 5.91 Å². The van der Waals surface area contributed by atoms with E-state index in [9.17, 15) is 9.59 Å². The van der Waals surface area contributed by atoms with Crippen molar-refractivity contribution in [2.75, 3.05) is 13.2 Å². The van der Waals surface area contributed by atoms with E-state index in [0.717, 1.165) is 5.56 Å². The van der Waals surface area contributed by atoms with Crippen molar-refractivity contribution < 1.29 is 14.3 Å². The van der Waals surface area contributed by atoms with Crippen LogP contribution in [0.15, 0.2) is 54.6 Å². The van der Waals surface area contributed by atoms with E-state index in [1.165, 1.54) is 0 Å². The zero-order chi connectivity index (χ0) is 21.2. The van der Waals surface area contributed by atoms with Crippen LogP contribution in [-0.4, -0.2) is 31.0 Å². The third kappa shape index (κ3) is 7.18. The molecule has 2 unspecified atom stereocenters. The van der Waals surface area contributed by atoms with Crippen LogP contribution in [0.2, 0.25) is 5.02 Å². The first-order chi connectivity index (χ1) is 13.9. The van der Waals surface area contributed by atoms with Crippen LogP contribution in [0.1, 0.15) is 49.2 Å². The summed E-state index contributed by atoms with van der Waals surface area (Å²) in [6.45, 7) is 6.80. The SMILES string of the molecule is CC(OCCCNC(=O)C(NC(=O)c1ccccc1Cl)C(C)C)c1ccccc1. The lowest BCUT2D eigenvalue weighted by molar-refractivity contribution is -0.124. The quantitative estimate of drug-likeness (QED) is 0.565. The Morgan fingerprint density at radius 3 is 2.31 bits per heavy atom. The minimum atomic E-state index is -0.636. The van der Waals surface area contributed by atoms with Crippen molar-refractivity contribution in [1.29, 1.82) is 0 Å². The van der Waals surface area contributed by atoms with Gasteiger partial charge in [0, 0.05) is 13.2 Å². The molecular formula is C23H29ClN2O3. The Bertz CT molecular complexity index is 796. The predicted molar refractivity (Wildman–Crippen MR) is 116 cm³/mol. The van der Waals surface area contributed by atoms with Crippen molar-refractivity contribution in [2.45, 2.75) is 39.3 Å². The zero-order valence-electron chi connectivity index (χ0n) is 17.2. The number of rotatable bonds is 10. The maximum absolute atomic E-state index is 12.6. The molecule has 0 fully saturated rings. The Kier molecular flexibility index (Phi) is 9.16. The zero-order valence-corrected chi connectivity index (χ0v) is 17.9. The molecule has 2 atom stereocenters. The first-order valence-electron chi connectivity index (χ1n) is 9.89. The lowest BCUT2D eigenvalue weighted by atomic mass is 10.0. The lowest BCUT2D eigenvalue weighted by Crippen LogP contribution is -2.50. The lowest BCUT2D eigenvalue weighted by Gasteiger charge is -2.22. The molecule has 0 bridgehead atoms. The number of ether oxygens (including phenoxy) is 1. The second-order valence-corrected chi connectivity index (χ2v) is 7.65. The van der Waals surface area contributed by atoms with E-state index >= 15 is 0 Å². The van der Waals surface area contributed by atoms with Crippen LogP contribution < -0.4 is 10.6 Å². The van der Waals surface area contributed by atoms with Crippen LogP contribution in [0.3, 0.4) is 0 Å². The second kappa shape index (κ2) is 11.6. The van der Waals surface area contributed by atoms with Crippen molar-refractivity contribution in [2.24, 2.45) is 5.92 Å². The van der Waals surface area contributed by atoms with Gasteiger partial charge in [-0.3, -0.25) is 9.59 Å². The predicted octanol–water partition coefficient (Wildman–Crippen LogP) is 4.38. The average Bonchev–Trinajstić information content (AvgIpc) is 2.72. The van der Waals surface area contributed by atoms with E-state index in [2.05, 4.69) is 10.6 Å². The Morgan fingerprint density at radius 2 is 1.66 bits per heavy atom. The largest absolute Gasteiger partial charge is 0.374 e. The molecule has 0 saturated carbocycles. The Hall–Kier alpha value is -2.37. The van der Waals surface area contributed by atoms with Gasteiger partial charge in [-0.2, -0.15) is 0 Å². The first kappa shape index (κ1) is 22.9. The molecule has 5 nitrogen and oxygen atoms in total. The minimum absolute atomic E-state index is 0.00484. The van der Waals surface area contributed by atoms with Gasteiger partial charge in [-0.25, -0.2) is 0 Å². The van der Waals surface area contributed by atoms with E-state index in [4.69, 9.17) is 16.3 Å². The molecule has 0 aliphatic carbocycles. The summed E-state index contributed by atoms with van der Waals surface area (Å²) in [4.78, 5) is 25.0. The highest BCUT2D eigenvalue weighted by atomic mass is 35.5. The minimum Gasteiger partial charge on any atom is -0.374 e. The number of hydrogen-bond donors (Lipinski definition) is 2. The molecule has 2 amide bonds. The fourth-order valence-electron chi connectivity index (χ4n) is 2.87. The van der Waals surface area contributed by atoms with Crippen LogP contribution >= 0.6 is 11.6 Å². The number of carbonyl (C=O) groups excluding carboxylic acids is 2. The van der Waals surface area contributed by atoms with E-state index in [0.29, 0.717) is 30.2 Å². The van der Waals surface area contributed by atoms with Crippen molar-refractivity contribution in [1.82, 2.24) is 10.6 Å². The summed E-state index contributed by atoms with van der Waals surface area (Å²) >= 11 is 6.07. The van der Waals surface area contributed by atoms with Crippen molar-refractivity contribution in [3.63, 3.8) is 0 Å². The summed E-state index contributed by atoms with van der Waals surface area (Å²) in [6, 6.07) is 16.1. The molecule has 0 spiro atoms. The molecule has 0 aliphatic heterocycles. The molecule has 156 valence electrons. The first-order valence-corrected chi connectivity index (χ1v) is 10.3. The summed E-state index contributed by atoms with van der Waals surface area (Å²) in [5, 5.41) is 6.03. The molecule has 6 heteroatoms. The summed E-state index contributed by atoms with van der Waals surface area (Å²) in [5.41, 5.74) is 1.48. The average molecular weight is 417 g/mol. The van der Waals surface area contributed by atoms with Gasteiger partial charge in [-0.1, -0.05) is 67.9 Å². The summed E-state index contributed by atoms with van der Waals surface area (Å²) in [7, 11) is 0. The number of carbonyl (C=O) groups is 2. The van der Waals surface area contributed by atoms with Gasteiger partial charge in [0.05, 0.1) is 16.7 Å². The van der Waals surface area contributed by atoms with Crippen LogP contribution in [0.4, 0.5) is 0 Å². The van der Waals surface area contributed by atoms with Crippen LogP contribution in [0.5, 0.6) is 0 Å². The third-order valence-corrected chi connectivity index (χ3v) is 4.94. The third-order valence-electron chi connectivity index (χ3n) is 4.61. The summed E-state index contributed by atoms with van der Waals surface area (Å²) in [5.74, 6) is -0.628. The van der Waals surface area contributed by atoms with Crippen LogP contribution in [0, 0.1) is 5.92 Å². The summed E-state index contributed by atoms with van der Waals surface area (Å²) < 4.78 is 5.82. The summed E-state index contributed by atoms with van der Waals surface area (Å²) in [6.07, 6.45) is 0.692. The Morgan fingerprint density at radius 1 is 1.00 bits per heavy atom. The molecule has 2 N–H and O–H groups in total. The topological polar surface area (TPSA) is 67.4 Å². The van der Waals surface area contributed by atoms with Gasteiger partial charge in [0.1, 0.15) is 6.04 Å². The van der Waals surface area contributed by atoms with Crippen molar-refractivity contribution in [3.8, 4) is 0 Å². The normalized spacial score (nSPS) is 13.0. The molecular weight excluding hydrogens is 388 g/mol. The number of benzene rings is 2. The molecule has 0 radical (unpaired) electrons. The fraction of sp³-hybridized carbons (Fsp3) is 0.391. The molecule has 0 saturated heterocycles. The molecule has 2 aromatic rings. The van der Waals surface area contributed by atoms with Gasteiger partial charge in [0.2, 0.25) is 5.91 Å². The Balaban J connectivity index is 1.78. The molecule has 0 aliphatic rings. The van der Waals surface area contributed by atoms with Crippen LogP contribution in [-0.2, 0) is 9.53 Å². The second-order valence-electron chi connectivity index (χ2n) is 7.24. The van der Waals surface area contributed by atoms with Gasteiger partial charge in [0.15, 0.2) is 0 Å². The van der Waals surface area contributed by atoms with E-state index in [-0.39, 0.29) is 23.8 Å². The highest BCUT2D eigenvalue weighted by Crippen LogP contribution is 2.16. The fourth-order valence-corrected chi connectivity index (χ4v) is 3.09. The number of hydrogen-bond acceptors (Lipinski definition) is 3. The van der Waals surface area contributed by atoms with E-state index in [1.54, 1.807) is 24.3 Å². The molecule has 0 heterocycles. The smallest absolute Gasteiger partial charge is 0.253 e. The molecule has 0 aromatic heterocycles. The highest BCUT2D eigenvalue weighted by molar-refractivity contribution is 6.33. The van der Waals surface area contributed by atoms with Gasteiger partial charge in [-0.15, -0.1) is 0 Å². The molecule has 2 rings (SSSR count). The van der Waals surface area contributed by atoms with Crippen molar-refractivity contribution in [3.05, 3.63) is 70.7 Å². The highest BCUT2D eigenvalue weighted by Gasteiger charge is 2.25.